The van der Waals surface area contributed by atoms with Crippen LogP contribution in [-0.2, 0) is 9.73 Å². The molecule has 0 heterocycles. The summed E-state index contributed by atoms with van der Waals surface area (Å²) in [4.78, 5) is 0. The van der Waals surface area contributed by atoms with Gasteiger partial charge in [-0.3, -0.25) is 4.78 Å². The first kappa shape index (κ1) is 8.95. The topological polar surface area (TPSA) is 40.9 Å². The third kappa shape index (κ3) is 1.97. The van der Waals surface area contributed by atoms with Gasteiger partial charge in [-0.05, 0) is 20.8 Å². The minimum atomic E-state index is -2.34. The molecule has 1 atom stereocenters. The van der Waals surface area contributed by atoms with Gasteiger partial charge in [0.05, 0.1) is 0 Å². The minimum Gasteiger partial charge on any atom is -0.252 e. The minimum absolute atomic E-state index is 0.359. The van der Waals surface area contributed by atoms with Gasteiger partial charge in [0.1, 0.15) is 0 Å². The Morgan fingerprint density at radius 1 is 1.44 bits per heavy atom. The van der Waals surface area contributed by atoms with Crippen molar-refractivity contribution in [2.24, 2.45) is 0 Å². The highest BCUT2D eigenvalue weighted by molar-refractivity contribution is 7.93. The fourth-order valence-electron chi connectivity index (χ4n) is 0.433. The highest BCUT2D eigenvalue weighted by Crippen LogP contribution is 2.15. The molecule has 1 N–H and O–H groups in total. The maximum atomic E-state index is 11.2. The summed E-state index contributed by atoms with van der Waals surface area (Å²) >= 11 is 0. The summed E-state index contributed by atoms with van der Waals surface area (Å²) in [6, 6.07) is 0. The summed E-state index contributed by atoms with van der Waals surface area (Å²) in [5, 5.41) is 0. The standard InChI is InChI=1S/C6H15NOS/c1-5-9(7,8)6(2,3)4/h7H,5H2,1-4H3. The third-order valence-electron chi connectivity index (χ3n) is 1.40. The molecule has 0 aliphatic carbocycles. The van der Waals surface area contributed by atoms with E-state index in [1.807, 2.05) is 20.8 Å². The predicted molar refractivity (Wildman–Crippen MR) is 41.2 cm³/mol. The van der Waals surface area contributed by atoms with Crippen LogP contribution in [0.15, 0.2) is 0 Å². The Kier molecular flexibility index (Phi) is 2.28. The van der Waals surface area contributed by atoms with Crippen molar-refractivity contribution in [3.63, 3.8) is 0 Å². The van der Waals surface area contributed by atoms with Crippen LogP contribution in [0.25, 0.3) is 0 Å². The van der Waals surface area contributed by atoms with E-state index >= 15 is 0 Å². The van der Waals surface area contributed by atoms with Crippen LogP contribution in [0.5, 0.6) is 0 Å². The van der Waals surface area contributed by atoms with Crippen molar-refractivity contribution >= 4 is 9.73 Å². The Balaban J connectivity index is 4.57. The van der Waals surface area contributed by atoms with Crippen LogP contribution < -0.4 is 0 Å². The zero-order chi connectivity index (χ0) is 7.71. The van der Waals surface area contributed by atoms with Gasteiger partial charge in [0.2, 0.25) is 0 Å². The molecule has 0 saturated heterocycles. The molecule has 56 valence electrons. The molecule has 2 nitrogen and oxygen atoms in total. The normalized spacial score (nSPS) is 19.1. The van der Waals surface area contributed by atoms with E-state index in [9.17, 15) is 4.21 Å². The zero-order valence-electron chi connectivity index (χ0n) is 6.52. The lowest BCUT2D eigenvalue weighted by Crippen LogP contribution is -2.28. The van der Waals surface area contributed by atoms with Crippen LogP contribution >= 0.6 is 0 Å². The first-order valence-corrected chi connectivity index (χ1v) is 4.80. The van der Waals surface area contributed by atoms with Crippen molar-refractivity contribution in [1.29, 1.82) is 4.78 Å². The fraction of sp³-hybridized carbons (Fsp3) is 1.00. The summed E-state index contributed by atoms with van der Waals surface area (Å²) in [5.41, 5.74) is 0. The SMILES string of the molecule is CCS(=N)(=O)C(C)(C)C. The van der Waals surface area contributed by atoms with Crippen LogP contribution in [0.4, 0.5) is 0 Å². The van der Waals surface area contributed by atoms with Gasteiger partial charge in [0, 0.05) is 20.2 Å². The van der Waals surface area contributed by atoms with Gasteiger partial charge in [0.15, 0.2) is 0 Å². The second kappa shape index (κ2) is 2.29. The molecule has 0 bridgehead atoms. The van der Waals surface area contributed by atoms with Gasteiger partial charge in [-0.25, -0.2) is 4.21 Å². The van der Waals surface area contributed by atoms with Crippen molar-refractivity contribution in [1.82, 2.24) is 0 Å². The van der Waals surface area contributed by atoms with E-state index in [1.165, 1.54) is 0 Å². The van der Waals surface area contributed by atoms with E-state index < -0.39 is 9.73 Å². The lowest BCUT2D eigenvalue weighted by Gasteiger charge is -2.20. The molecule has 0 rings (SSSR count). The van der Waals surface area contributed by atoms with Crippen molar-refractivity contribution in [2.45, 2.75) is 32.4 Å². The summed E-state index contributed by atoms with van der Waals surface area (Å²) in [5.74, 6) is 0.455. The van der Waals surface area contributed by atoms with Crippen LogP contribution in [0.1, 0.15) is 27.7 Å². The van der Waals surface area contributed by atoms with E-state index in [0.717, 1.165) is 0 Å². The van der Waals surface area contributed by atoms with Gasteiger partial charge < -0.3 is 0 Å². The van der Waals surface area contributed by atoms with Gasteiger partial charge in [-0.2, -0.15) is 0 Å². The largest absolute Gasteiger partial charge is 0.252 e. The fourth-order valence-corrected chi connectivity index (χ4v) is 1.30. The molecule has 0 spiro atoms. The highest BCUT2D eigenvalue weighted by atomic mass is 32.2. The predicted octanol–water partition coefficient (Wildman–Crippen LogP) is 1.85. The Hall–Kier alpha value is -0.0500. The Morgan fingerprint density at radius 2 is 1.78 bits per heavy atom. The average molecular weight is 149 g/mol. The maximum absolute atomic E-state index is 11.2. The summed E-state index contributed by atoms with van der Waals surface area (Å²) < 4.78 is 18.2. The summed E-state index contributed by atoms with van der Waals surface area (Å²) in [6.07, 6.45) is 0. The van der Waals surface area contributed by atoms with Crippen molar-refractivity contribution in [2.75, 3.05) is 5.75 Å². The Morgan fingerprint density at radius 3 is 1.78 bits per heavy atom. The first-order valence-electron chi connectivity index (χ1n) is 3.07. The Bertz CT molecular complexity index is 174. The average Bonchev–Trinajstić information content (AvgIpc) is 1.64. The van der Waals surface area contributed by atoms with E-state index in [-0.39, 0.29) is 4.75 Å². The summed E-state index contributed by atoms with van der Waals surface area (Å²) in [6.45, 7) is 7.31. The van der Waals surface area contributed by atoms with Crippen LogP contribution in [0.2, 0.25) is 0 Å². The first-order chi connectivity index (χ1) is 3.81. The van der Waals surface area contributed by atoms with E-state index in [1.54, 1.807) is 6.92 Å². The Labute approximate surface area is 57.6 Å². The molecule has 0 aromatic rings. The number of rotatable bonds is 1. The lowest BCUT2D eigenvalue weighted by molar-refractivity contribution is 0.638. The molecular formula is C6H15NOS. The number of hydrogen-bond acceptors (Lipinski definition) is 2. The number of nitrogens with one attached hydrogen (secondary N) is 1. The van der Waals surface area contributed by atoms with Gasteiger partial charge >= 0.3 is 0 Å². The quantitative estimate of drug-likeness (QED) is 0.607. The van der Waals surface area contributed by atoms with E-state index in [2.05, 4.69) is 0 Å². The molecule has 0 aliphatic heterocycles. The molecule has 0 saturated carbocycles. The van der Waals surface area contributed by atoms with E-state index in [0.29, 0.717) is 5.75 Å². The van der Waals surface area contributed by atoms with Crippen LogP contribution in [0, 0.1) is 4.78 Å². The zero-order valence-corrected chi connectivity index (χ0v) is 7.34. The molecular weight excluding hydrogens is 134 g/mol. The third-order valence-corrected chi connectivity index (χ3v) is 4.19. The molecule has 0 aromatic heterocycles. The molecule has 0 amide bonds. The van der Waals surface area contributed by atoms with E-state index in [4.69, 9.17) is 4.78 Å². The van der Waals surface area contributed by atoms with Crippen molar-refractivity contribution in [3.05, 3.63) is 0 Å². The molecule has 0 fully saturated rings. The smallest absolute Gasteiger partial charge is 0.0488 e. The molecule has 3 heteroatoms. The lowest BCUT2D eigenvalue weighted by atomic mass is 10.3. The van der Waals surface area contributed by atoms with Crippen LogP contribution in [-0.4, -0.2) is 14.7 Å². The monoisotopic (exact) mass is 149 g/mol. The maximum Gasteiger partial charge on any atom is 0.0488 e. The van der Waals surface area contributed by atoms with Gasteiger partial charge in [-0.15, -0.1) is 0 Å². The van der Waals surface area contributed by atoms with Crippen molar-refractivity contribution < 1.29 is 4.21 Å². The molecule has 0 radical (unpaired) electrons. The van der Waals surface area contributed by atoms with Gasteiger partial charge in [-0.1, -0.05) is 6.92 Å². The molecule has 0 aliphatic rings. The molecule has 0 aromatic carbocycles. The highest BCUT2D eigenvalue weighted by Gasteiger charge is 2.22. The van der Waals surface area contributed by atoms with Crippen LogP contribution in [0.3, 0.4) is 0 Å². The van der Waals surface area contributed by atoms with Crippen molar-refractivity contribution in [3.8, 4) is 0 Å². The summed E-state index contributed by atoms with van der Waals surface area (Å²) in [7, 11) is -2.34. The number of hydrogen-bond donors (Lipinski definition) is 1. The molecule has 1 unspecified atom stereocenters. The molecule has 9 heavy (non-hydrogen) atoms. The second-order valence-corrected chi connectivity index (χ2v) is 6.23. The second-order valence-electron chi connectivity index (χ2n) is 3.08. The van der Waals surface area contributed by atoms with Gasteiger partial charge in [0.25, 0.3) is 0 Å².